The molecule has 0 amide bonds. The smallest absolute Gasteiger partial charge is 0.321 e. The Labute approximate surface area is 108 Å². The van der Waals surface area contributed by atoms with Gasteiger partial charge in [0.15, 0.2) is 0 Å². The molecule has 1 heterocycles. The Bertz CT molecular complexity index is 511. The zero-order valence-corrected chi connectivity index (χ0v) is 10.7. The third-order valence-corrected chi connectivity index (χ3v) is 3.65. The molecule has 1 rings (SSSR count). The van der Waals surface area contributed by atoms with Crippen molar-refractivity contribution >= 4 is 27.6 Å². The lowest BCUT2D eigenvalue weighted by molar-refractivity contribution is -0.139. The maximum atomic E-state index is 11.8. The normalized spacial score (nSPS) is 13.4. The molecule has 0 saturated carbocycles. The Kier molecular flexibility index (Phi) is 5.15. The number of hydrogen-bond acceptors (Lipinski definition) is 5. The van der Waals surface area contributed by atoms with Gasteiger partial charge in [-0.25, -0.2) is 8.42 Å². The van der Waals surface area contributed by atoms with E-state index in [-0.39, 0.29) is 18.1 Å². The number of aliphatic carboxylic acids is 1. The van der Waals surface area contributed by atoms with Crippen LogP contribution in [0.5, 0.6) is 0 Å². The van der Waals surface area contributed by atoms with Crippen molar-refractivity contribution in [3.05, 3.63) is 17.9 Å². The van der Waals surface area contributed by atoms with Crippen molar-refractivity contribution in [2.24, 2.45) is 0 Å². The average molecular weight is 298 g/mol. The van der Waals surface area contributed by atoms with Crippen LogP contribution in [0, 0.1) is 0 Å². The zero-order chi connectivity index (χ0) is 13.8. The number of furan rings is 1. The van der Waals surface area contributed by atoms with Crippen LogP contribution in [0.1, 0.15) is 12.2 Å². The molecule has 102 valence electrons. The minimum atomic E-state index is -4.08. The van der Waals surface area contributed by atoms with Gasteiger partial charge in [-0.05, 0) is 18.6 Å². The van der Waals surface area contributed by atoms with E-state index in [0.29, 0.717) is 0 Å². The van der Waals surface area contributed by atoms with Gasteiger partial charge in [0, 0.05) is 6.61 Å². The molecule has 0 aliphatic heterocycles. The summed E-state index contributed by atoms with van der Waals surface area (Å²) in [5.41, 5.74) is 0. The fraction of sp³-hybridized carbons (Fsp3) is 0.444. The van der Waals surface area contributed by atoms with E-state index in [4.69, 9.17) is 26.2 Å². The highest BCUT2D eigenvalue weighted by Crippen LogP contribution is 2.16. The van der Waals surface area contributed by atoms with E-state index in [9.17, 15) is 13.2 Å². The second kappa shape index (κ2) is 6.19. The van der Waals surface area contributed by atoms with Gasteiger partial charge in [0.2, 0.25) is 5.09 Å². The molecule has 0 unspecified atom stereocenters. The molecule has 0 bridgehead atoms. The first-order valence-corrected chi connectivity index (χ1v) is 6.93. The summed E-state index contributed by atoms with van der Waals surface area (Å²) in [6, 6.07) is 1.14. The summed E-state index contributed by atoms with van der Waals surface area (Å²) in [5, 5.41) is 17.0. The summed E-state index contributed by atoms with van der Waals surface area (Å²) in [6.45, 7) is -0.454. The number of aliphatic hydroxyl groups excluding tert-OH is 1. The van der Waals surface area contributed by atoms with Crippen molar-refractivity contribution in [2.75, 3.05) is 6.61 Å². The third kappa shape index (κ3) is 3.70. The monoisotopic (exact) mass is 297 g/mol. The van der Waals surface area contributed by atoms with Gasteiger partial charge in [0.25, 0.3) is 10.0 Å². The molecule has 0 spiro atoms. The molecule has 0 saturated heterocycles. The number of halogens is 1. The summed E-state index contributed by atoms with van der Waals surface area (Å²) in [4.78, 5) is 10.8. The lowest BCUT2D eigenvalue weighted by atomic mass is 10.2. The predicted molar refractivity (Wildman–Crippen MR) is 61.7 cm³/mol. The minimum absolute atomic E-state index is 0.00845. The summed E-state index contributed by atoms with van der Waals surface area (Å²) in [6.07, 6.45) is -0.238. The molecular formula is C9H12ClNO6S. The molecular weight excluding hydrogens is 286 g/mol. The number of alkyl halides is 1. The van der Waals surface area contributed by atoms with E-state index < -0.39 is 33.7 Å². The first-order valence-electron chi connectivity index (χ1n) is 4.91. The van der Waals surface area contributed by atoms with Gasteiger partial charge in [-0.3, -0.25) is 4.79 Å². The second-order valence-electron chi connectivity index (χ2n) is 3.38. The first kappa shape index (κ1) is 15.0. The van der Waals surface area contributed by atoms with E-state index in [2.05, 4.69) is 0 Å². The fourth-order valence-electron chi connectivity index (χ4n) is 1.18. The minimum Gasteiger partial charge on any atom is -0.480 e. The summed E-state index contributed by atoms with van der Waals surface area (Å²) in [5.74, 6) is -1.11. The molecule has 0 aliphatic carbocycles. The fourth-order valence-corrected chi connectivity index (χ4v) is 2.50. The first-order chi connectivity index (χ1) is 8.40. The summed E-state index contributed by atoms with van der Waals surface area (Å²) in [7, 11) is -4.08. The van der Waals surface area contributed by atoms with E-state index in [1.165, 1.54) is 12.1 Å². The molecule has 0 aliphatic rings. The van der Waals surface area contributed by atoms with Gasteiger partial charge in [-0.2, -0.15) is 4.72 Å². The van der Waals surface area contributed by atoms with Crippen LogP contribution in [-0.4, -0.2) is 37.2 Å². The van der Waals surface area contributed by atoms with Crippen molar-refractivity contribution in [1.29, 1.82) is 0 Å². The second-order valence-corrected chi connectivity index (χ2v) is 5.29. The number of carboxylic acid groups (broad SMARTS) is 1. The maximum absolute atomic E-state index is 11.8. The van der Waals surface area contributed by atoms with E-state index in [1.807, 2.05) is 4.72 Å². The van der Waals surface area contributed by atoms with E-state index in [1.54, 1.807) is 0 Å². The Morgan fingerprint density at radius 2 is 2.17 bits per heavy atom. The standard InChI is InChI=1S/C9H12ClNO6S/c10-5-6-1-2-8(17-6)18(15,16)11-7(3-4-12)9(13)14/h1-2,7,11-12H,3-5H2,(H,13,14)/t7-/m0/s1. The highest BCUT2D eigenvalue weighted by molar-refractivity contribution is 7.89. The predicted octanol–water partition coefficient (Wildman–Crippen LogP) is 0.132. The maximum Gasteiger partial charge on any atom is 0.321 e. The van der Waals surface area contributed by atoms with Crippen molar-refractivity contribution in [1.82, 2.24) is 4.72 Å². The number of aliphatic hydroxyl groups is 1. The zero-order valence-electron chi connectivity index (χ0n) is 9.17. The summed E-state index contributed by atoms with van der Waals surface area (Å²) >= 11 is 5.46. The molecule has 3 N–H and O–H groups in total. The topological polar surface area (TPSA) is 117 Å². The van der Waals surface area contributed by atoms with Crippen LogP contribution in [0.15, 0.2) is 21.6 Å². The molecule has 1 atom stereocenters. The van der Waals surface area contributed by atoms with Gasteiger partial charge in [-0.15, -0.1) is 11.6 Å². The van der Waals surface area contributed by atoms with Crippen molar-refractivity contribution in [3.63, 3.8) is 0 Å². The molecule has 18 heavy (non-hydrogen) atoms. The van der Waals surface area contributed by atoms with Crippen LogP contribution in [-0.2, 0) is 20.7 Å². The van der Waals surface area contributed by atoms with Crippen LogP contribution < -0.4 is 4.72 Å². The van der Waals surface area contributed by atoms with Gasteiger partial charge >= 0.3 is 5.97 Å². The van der Waals surface area contributed by atoms with E-state index >= 15 is 0 Å². The lowest BCUT2D eigenvalue weighted by Crippen LogP contribution is -2.41. The molecule has 1 aromatic heterocycles. The number of nitrogens with one attached hydrogen (secondary N) is 1. The van der Waals surface area contributed by atoms with Gasteiger partial charge < -0.3 is 14.6 Å². The molecule has 7 nitrogen and oxygen atoms in total. The Morgan fingerprint density at radius 3 is 2.61 bits per heavy atom. The van der Waals surface area contributed by atoms with Crippen LogP contribution in [0.3, 0.4) is 0 Å². The lowest BCUT2D eigenvalue weighted by Gasteiger charge is -2.11. The number of carbonyl (C=O) groups is 1. The Hall–Kier alpha value is -1.09. The SMILES string of the molecule is O=C(O)[C@H](CCO)NS(=O)(=O)c1ccc(CCl)o1. The van der Waals surface area contributed by atoms with Crippen molar-refractivity contribution < 1.29 is 27.8 Å². The highest BCUT2D eigenvalue weighted by Gasteiger charge is 2.27. The third-order valence-electron chi connectivity index (χ3n) is 2.05. The van der Waals surface area contributed by atoms with Crippen molar-refractivity contribution in [3.8, 4) is 0 Å². The van der Waals surface area contributed by atoms with Gasteiger partial charge in [0.05, 0.1) is 5.88 Å². The molecule has 9 heteroatoms. The van der Waals surface area contributed by atoms with Gasteiger partial charge in [-0.1, -0.05) is 0 Å². The molecule has 0 fully saturated rings. The summed E-state index contributed by atoms with van der Waals surface area (Å²) < 4.78 is 30.4. The van der Waals surface area contributed by atoms with Gasteiger partial charge in [0.1, 0.15) is 11.8 Å². The van der Waals surface area contributed by atoms with E-state index in [0.717, 1.165) is 0 Å². The molecule has 0 aromatic carbocycles. The number of carboxylic acids is 1. The number of rotatable bonds is 7. The quantitative estimate of drug-likeness (QED) is 0.616. The van der Waals surface area contributed by atoms with Crippen LogP contribution in [0.2, 0.25) is 0 Å². The van der Waals surface area contributed by atoms with Crippen molar-refractivity contribution in [2.45, 2.75) is 23.4 Å². The number of hydrogen-bond donors (Lipinski definition) is 3. The van der Waals surface area contributed by atoms with Crippen LogP contribution in [0.25, 0.3) is 0 Å². The largest absolute Gasteiger partial charge is 0.480 e. The average Bonchev–Trinajstić information content (AvgIpc) is 2.77. The highest BCUT2D eigenvalue weighted by atomic mass is 35.5. The molecule has 1 aromatic rings. The van der Waals surface area contributed by atoms with Crippen LogP contribution >= 0.6 is 11.6 Å². The number of sulfonamides is 1. The molecule has 0 radical (unpaired) electrons. The van der Waals surface area contributed by atoms with Crippen LogP contribution in [0.4, 0.5) is 0 Å². The Balaban J connectivity index is 2.89. The Morgan fingerprint density at radius 1 is 1.50 bits per heavy atom.